The van der Waals surface area contributed by atoms with E-state index >= 15 is 0 Å². The second-order valence-corrected chi connectivity index (χ2v) is 8.11. The lowest BCUT2D eigenvalue weighted by Crippen LogP contribution is -2.36. The highest BCUT2D eigenvalue weighted by Crippen LogP contribution is 2.30. The molecule has 2 aromatic carbocycles. The van der Waals surface area contributed by atoms with E-state index in [1.165, 1.54) is 7.11 Å². The van der Waals surface area contributed by atoms with Crippen molar-refractivity contribution in [2.45, 2.75) is 26.4 Å². The number of rotatable bonds is 8. The first kappa shape index (κ1) is 21.6. The fourth-order valence-corrected chi connectivity index (χ4v) is 3.11. The summed E-state index contributed by atoms with van der Waals surface area (Å²) >= 11 is 0. The zero-order chi connectivity index (χ0) is 20.9. The van der Waals surface area contributed by atoms with Gasteiger partial charge in [-0.15, -0.1) is 0 Å². The van der Waals surface area contributed by atoms with E-state index in [0.29, 0.717) is 22.6 Å². The predicted octanol–water partition coefficient (Wildman–Crippen LogP) is 3.09. The molecule has 0 N–H and O–H groups in total. The van der Waals surface area contributed by atoms with Crippen molar-refractivity contribution in [3.63, 3.8) is 0 Å². The van der Waals surface area contributed by atoms with Gasteiger partial charge in [-0.2, -0.15) is 8.42 Å². The van der Waals surface area contributed by atoms with Gasteiger partial charge in [0.2, 0.25) is 0 Å². The summed E-state index contributed by atoms with van der Waals surface area (Å²) in [5.74, 6) is 0.822. The minimum atomic E-state index is -3.71. The maximum absolute atomic E-state index is 13.0. The van der Waals surface area contributed by atoms with Gasteiger partial charge in [-0.3, -0.25) is 4.79 Å². The first-order valence-electron chi connectivity index (χ1n) is 8.66. The Balaban J connectivity index is 2.33. The van der Waals surface area contributed by atoms with Crippen molar-refractivity contribution in [3.05, 3.63) is 53.6 Å². The van der Waals surface area contributed by atoms with E-state index in [1.54, 1.807) is 54.5 Å². The van der Waals surface area contributed by atoms with Crippen molar-refractivity contribution in [1.82, 2.24) is 4.90 Å². The molecule has 2 rings (SSSR count). The Bertz CT molecular complexity index is 939. The summed E-state index contributed by atoms with van der Waals surface area (Å²) in [6, 6.07) is 11.8. The van der Waals surface area contributed by atoms with Gasteiger partial charge >= 0.3 is 10.1 Å². The molecule has 0 atom stereocenters. The van der Waals surface area contributed by atoms with Crippen LogP contribution in [0.1, 0.15) is 29.8 Å². The molecule has 0 fully saturated rings. The maximum Gasteiger partial charge on any atom is 0.306 e. The van der Waals surface area contributed by atoms with Gasteiger partial charge in [0.25, 0.3) is 5.91 Å². The summed E-state index contributed by atoms with van der Waals surface area (Å²) in [7, 11) is -0.739. The van der Waals surface area contributed by atoms with Crippen LogP contribution in [0.5, 0.6) is 17.2 Å². The minimum absolute atomic E-state index is 0.0833. The van der Waals surface area contributed by atoms with Crippen LogP contribution in [-0.4, -0.2) is 45.7 Å². The van der Waals surface area contributed by atoms with E-state index in [4.69, 9.17) is 13.7 Å². The number of nitrogens with zero attached hydrogens (tertiary/aromatic N) is 1. The Morgan fingerprint density at radius 1 is 1.04 bits per heavy atom. The van der Waals surface area contributed by atoms with Gasteiger partial charge in [-0.1, -0.05) is 12.1 Å². The van der Waals surface area contributed by atoms with E-state index in [-0.39, 0.29) is 24.2 Å². The highest BCUT2D eigenvalue weighted by molar-refractivity contribution is 7.86. The molecule has 0 aliphatic rings. The van der Waals surface area contributed by atoms with Gasteiger partial charge in [0, 0.05) is 18.2 Å². The summed E-state index contributed by atoms with van der Waals surface area (Å²) in [6.45, 7) is 4.10. The van der Waals surface area contributed by atoms with E-state index in [2.05, 4.69) is 0 Å². The van der Waals surface area contributed by atoms with Gasteiger partial charge in [0.1, 0.15) is 5.75 Å². The number of ether oxygens (including phenoxy) is 2. The molecule has 152 valence electrons. The molecule has 0 radical (unpaired) electrons. The van der Waals surface area contributed by atoms with E-state index < -0.39 is 10.1 Å². The Morgan fingerprint density at radius 3 is 2.32 bits per heavy atom. The lowest BCUT2D eigenvalue weighted by Gasteiger charge is -2.27. The normalized spacial score (nSPS) is 11.2. The first-order chi connectivity index (χ1) is 13.1. The van der Waals surface area contributed by atoms with Crippen LogP contribution in [0.3, 0.4) is 0 Å². The van der Waals surface area contributed by atoms with Crippen molar-refractivity contribution in [2.75, 3.05) is 20.5 Å². The van der Waals surface area contributed by atoms with Crippen molar-refractivity contribution < 1.29 is 26.9 Å². The number of benzene rings is 2. The highest BCUT2D eigenvalue weighted by atomic mass is 32.2. The lowest BCUT2D eigenvalue weighted by molar-refractivity contribution is 0.0690. The molecule has 8 heteroatoms. The van der Waals surface area contributed by atoms with Crippen LogP contribution in [0.15, 0.2) is 42.5 Å². The Hall–Kier alpha value is -2.74. The van der Waals surface area contributed by atoms with E-state index in [0.717, 1.165) is 6.26 Å². The average molecular weight is 407 g/mol. The van der Waals surface area contributed by atoms with Crippen molar-refractivity contribution >= 4 is 16.0 Å². The third-order valence-corrected chi connectivity index (χ3v) is 4.51. The lowest BCUT2D eigenvalue weighted by atomic mass is 10.1. The van der Waals surface area contributed by atoms with Crippen LogP contribution >= 0.6 is 0 Å². The molecule has 0 aliphatic carbocycles. The van der Waals surface area contributed by atoms with Crippen molar-refractivity contribution in [3.8, 4) is 17.2 Å². The molecule has 1 amide bonds. The van der Waals surface area contributed by atoms with Gasteiger partial charge in [-0.25, -0.2) is 0 Å². The van der Waals surface area contributed by atoms with E-state index in [1.807, 2.05) is 13.8 Å². The van der Waals surface area contributed by atoms with Crippen LogP contribution in [0.25, 0.3) is 0 Å². The molecule has 0 bridgehead atoms. The second-order valence-electron chi connectivity index (χ2n) is 6.53. The largest absolute Gasteiger partial charge is 0.497 e. The second kappa shape index (κ2) is 8.97. The highest BCUT2D eigenvalue weighted by Gasteiger charge is 2.21. The summed E-state index contributed by atoms with van der Waals surface area (Å²) in [6.07, 6.45) is 0.964. The van der Waals surface area contributed by atoms with Crippen LogP contribution in [-0.2, 0) is 16.7 Å². The number of carbonyl (C=O) groups is 1. The number of amides is 1. The summed E-state index contributed by atoms with van der Waals surface area (Å²) in [4.78, 5) is 14.7. The van der Waals surface area contributed by atoms with Crippen LogP contribution in [0.2, 0.25) is 0 Å². The van der Waals surface area contributed by atoms with Gasteiger partial charge < -0.3 is 18.6 Å². The summed E-state index contributed by atoms with van der Waals surface area (Å²) < 4.78 is 38.4. The topological polar surface area (TPSA) is 82.1 Å². The fourth-order valence-electron chi connectivity index (χ4n) is 2.66. The third kappa shape index (κ3) is 5.63. The quantitative estimate of drug-likeness (QED) is 0.626. The van der Waals surface area contributed by atoms with Gasteiger partial charge in [-0.05, 0) is 49.7 Å². The van der Waals surface area contributed by atoms with Crippen molar-refractivity contribution in [1.29, 1.82) is 0 Å². The smallest absolute Gasteiger partial charge is 0.306 e. The molecule has 0 spiro atoms. The molecule has 0 aromatic heterocycles. The summed E-state index contributed by atoms with van der Waals surface area (Å²) in [5, 5.41) is 0. The molecule has 0 heterocycles. The van der Waals surface area contributed by atoms with Gasteiger partial charge in [0.05, 0.1) is 20.5 Å². The fraction of sp³-hybridized carbons (Fsp3) is 0.350. The zero-order valence-corrected chi connectivity index (χ0v) is 17.4. The monoisotopic (exact) mass is 407 g/mol. The molecule has 0 saturated carbocycles. The third-order valence-electron chi connectivity index (χ3n) is 4.02. The molecule has 7 nitrogen and oxygen atoms in total. The molecule has 28 heavy (non-hydrogen) atoms. The maximum atomic E-state index is 13.0. The SMILES string of the molecule is COc1cccc(C(=O)N(Cc2ccc(OC)c(OS(C)(=O)=O)c2)C(C)C)c1. The predicted molar refractivity (Wildman–Crippen MR) is 106 cm³/mol. The molecular formula is C20H25NO6S. The molecule has 2 aromatic rings. The molecular weight excluding hydrogens is 382 g/mol. The van der Waals surface area contributed by atoms with Crippen LogP contribution < -0.4 is 13.7 Å². The van der Waals surface area contributed by atoms with E-state index in [9.17, 15) is 13.2 Å². The van der Waals surface area contributed by atoms with Crippen LogP contribution in [0.4, 0.5) is 0 Å². The zero-order valence-electron chi connectivity index (χ0n) is 16.6. The molecule has 0 unspecified atom stereocenters. The van der Waals surface area contributed by atoms with Crippen molar-refractivity contribution in [2.24, 2.45) is 0 Å². The first-order valence-corrected chi connectivity index (χ1v) is 10.5. The minimum Gasteiger partial charge on any atom is -0.497 e. The Kier molecular flexibility index (Phi) is 6.90. The average Bonchev–Trinajstić information content (AvgIpc) is 2.64. The standard InChI is InChI=1S/C20H25NO6S/c1-14(2)21(20(22)16-7-6-8-17(12-16)25-3)13-15-9-10-18(26-4)19(11-15)27-28(5,23)24/h6-12,14H,13H2,1-5H3. The summed E-state index contributed by atoms with van der Waals surface area (Å²) in [5.41, 5.74) is 1.22. The number of carbonyl (C=O) groups excluding carboxylic acids is 1. The molecule has 0 aliphatic heterocycles. The Labute approximate surface area is 166 Å². The van der Waals surface area contributed by atoms with Crippen LogP contribution in [0, 0.1) is 0 Å². The van der Waals surface area contributed by atoms with Gasteiger partial charge in [0.15, 0.2) is 11.5 Å². The Morgan fingerprint density at radius 2 is 1.75 bits per heavy atom. The molecule has 0 saturated heterocycles. The number of hydrogen-bond donors (Lipinski definition) is 0. The number of hydrogen-bond acceptors (Lipinski definition) is 6. The number of methoxy groups -OCH3 is 2.